The maximum absolute atomic E-state index is 13.2. The SMILES string of the molecule is COc1ccc(CSCC(=O)N(Cc2cccc(C)c2)C(C)C(=O)NC2CCCC2)cc1. The van der Waals surface area contributed by atoms with Crippen molar-refractivity contribution in [3.63, 3.8) is 0 Å². The van der Waals surface area contributed by atoms with E-state index in [4.69, 9.17) is 4.74 Å². The summed E-state index contributed by atoms with van der Waals surface area (Å²) in [5.41, 5.74) is 3.33. The first-order valence-electron chi connectivity index (χ1n) is 11.3. The van der Waals surface area contributed by atoms with Gasteiger partial charge in [0, 0.05) is 18.3 Å². The van der Waals surface area contributed by atoms with E-state index < -0.39 is 6.04 Å². The molecule has 0 saturated heterocycles. The smallest absolute Gasteiger partial charge is 0.242 e. The minimum Gasteiger partial charge on any atom is -0.497 e. The van der Waals surface area contributed by atoms with Crippen LogP contribution in [0.4, 0.5) is 0 Å². The van der Waals surface area contributed by atoms with Gasteiger partial charge in [0.15, 0.2) is 0 Å². The number of methoxy groups -OCH3 is 1. The molecule has 1 saturated carbocycles. The Hall–Kier alpha value is -2.47. The average Bonchev–Trinajstić information content (AvgIpc) is 3.30. The molecule has 1 N–H and O–H groups in total. The molecule has 0 bridgehead atoms. The molecule has 0 spiro atoms. The van der Waals surface area contributed by atoms with Gasteiger partial charge in [0.05, 0.1) is 12.9 Å². The summed E-state index contributed by atoms with van der Waals surface area (Å²) >= 11 is 1.57. The summed E-state index contributed by atoms with van der Waals surface area (Å²) in [5, 5.41) is 3.15. The largest absolute Gasteiger partial charge is 0.497 e. The zero-order chi connectivity index (χ0) is 22.9. The minimum absolute atomic E-state index is 0.0147. The van der Waals surface area contributed by atoms with Crippen molar-refractivity contribution in [3.8, 4) is 5.75 Å². The molecule has 2 aromatic carbocycles. The lowest BCUT2D eigenvalue weighted by molar-refractivity contribution is -0.138. The van der Waals surface area contributed by atoms with Gasteiger partial charge >= 0.3 is 0 Å². The number of amides is 2. The molecule has 1 aliphatic carbocycles. The van der Waals surface area contributed by atoms with E-state index in [1.807, 2.05) is 56.3 Å². The quantitative estimate of drug-likeness (QED) is 0.565. The molecule has 0 heterocycles. The van der Waals surface area contributed by atoms with Crippen LogP contribution in [-0.2, 0) is 21.9 Å². The second-order valence-corrected chi connectivity index (χ2v) is 9.50. The molecule has 0 aliphatic heterocycles. The number of nitrogens with one attached hydrogen (secondary N) is 1. The van der Waals surface area contributed by atoms with E-state index >= 15 is 0 Å². The molecule has 5 nitrogen and oxygen atoms in total. The van der Waals surface area contributed by atoms with Gasteiger partial charge < -0.3 is 15.0 Å². The first kappa shape index (κ1) is 24.2. The van der Waals surface area contributed by atoms with Crippen LogP contribution < -0.4 is 10.1 Å². The number of hydrogen-bond acceptors (Lipinski definition) is 4. The Morgan fingerprint density at radius 1 is 1.12 bits per heavy atom. The fourth-order valence-electron chi connectivity index (χ4n) is 4.04. The zero-order valence-electron chi connectivity index (χ0n) is 19.3. The van der Waals surface area contributed by atoms with E-state index in [-0.39, 0.29) is 17.9 Å². The second kappa shape index (κ2) is 12.0. The summed E-state index contributed by atoms with van der Waals surface area (Å²) in [6.45, 7) is 4.31. The first-order chi connectivity index (χ1) is 15.5. The number of nitrogens with zero attached hydrogens (tertiary/aromatic N) is 1. The standard InChI is InChI=1S/C26H34N2O3S/c1-19-7-6-8-22(15-19)16-28(20(2)26(30)27-23-9-4-5-10-23)25(29)18-32-17-21-11-13-24(31-3)14-12-21/h6-8,11-15,20,23H,4-5,9-10,16-18H2,1-3H3,(H,27,30). The van der Waals surface area contributed by atoms with Crippen molar-refractivity contribution in [2.45, 2.75) is 63.9 Å². The molecule has 172 valence electrons. The minimum atomic E-state index is -0.509. The van der Waals surface area contributed by atoms with Crippen molar-refractivity contribution in [3.05, 3.63) is 65.2 Å². The third-order valence-corrected chi connectivity index (χ3v) is 6.95. The summed E-state index contributed by atoms with van der Waals surface area (Å²) in [4.78, 5) is 27.9. The lowest BCUT2D eigenvalue weighted by atomic mass is 10.1. The maximum atomic E-state index is 13.2. The van der Waals surface area contributed by atoms with Gasteiger partial charge in [0.2, 0.25) is 11.8 Å². The topological polar surface area (TPSA) is 58.6 Å². The molecule has 1 atom stereocenters. The highest BCUT2D eigenvalue weighted by Crippen LogP contribution is 2.20. The van der Waals surface area contributed by atoms with E-state index in [2.05, 4.69) is 11.4 Å². The van der Waals surface area contributed by atoms with Gasteiger partial charge in [-0.2, -0.15) is 0 Å². The Morgan fingerprint density at radius 2 is 1.84 bits per heavy atom. The van der Waals surface area contributed by atoms with Crippen molar-refractivity contribution >= 4 is 23.6 Å². The molecule has 2 aromatic rings. The number of hydrogen-bond donors (Lipinski definition) is 1. The van der Waals surface area contributed by atoms with Crippen LogP contribution in [0.5, 0.6) is 5.75 Å². The van der Waals surface area contributed by atoms with Crippen molar-refractivity contribution in [1.29, 1.82) is 0 Å². The Morgan fingerprint density at radius 3 is 2.50 bits per heavy atom. The molecular weight excluding hydrogens is 420 g/mol. The fourth-order valence-corrected chi connectivity index (χ4v) is 4.91. The first-order valence-corrected chi connectivity index (χ1v) is 12.5. The molecule has 32 heavy (non-hydrogen) atoms. The maximum Gasteiger partial charge on any atom is 0.242 e. The molecule has 1 unspecified atom stereocenters. The second-order valence-electron chi connectivity index (χ2n) is 8.52. The Kier molecular flexibility index (Phi) is 9.03. The number of rotatable bonds is 10. The highest BCUT2D eigenvalue weighted by Gasteiger charge is 2.28. The molecule has 0 radical (unpaired) electrons. The van der Waals surface area contributed by atoms with Gasteiger partial charge in [-0.05, 0) is 49.9 Å². The van der Waals surface area contributed by atoms with E-state index in [1.165, 1.54) is 0 Å². The number of carbonyl (C=O) groups excluding carboxylic acids is 2. The summed E-state index contributed by atoms with van der Waals surface area (Å²) in [7, 11) is 1.65. The van der Waals surface area contributed by atoms with Gasteiger partial charge in [0.25, 0.3) is 0 Å². The summed E-state index contributed by atoms with van der Waals surface area (Å²) < 4.78 is 5.20. The number of carbonyl (C=O) groups is 2. The fraction of sp³-hybridized carbons (Fsp3) is 0.462. The summed E-state index contributed by atoms with van der Waals surface area (Å²) in [5.74, 6) is 1.81. The molecule has 1 aliphatic rings. The van der Waals surface area contributed by atoms with Gasteiger partial charge in [-0.15, -0.1) is 11.8 Å². The van der Waals surface area contributed by atoms with Crippen molar-refractivity contribution in [2.24, 2.45) is 0 Å². The molecular formula is C26H34N2O3S. The monoisotopic (exact) mass is 454 g/mol. The normalized spacial score (nSPS) is 14.7. The number of aryl methyl sites for hydroxylation is 1. The van der Waals surface area contributed by atoms with E-state index in [0.717, 1.165) is 53.9 Å². The van der Waals surface area contributed by atoms with Crippen LogP contribution in [0, 0.1) is 6.92 Å². The third kappa shape index (κ3) is 7.02. The van der Waals surface area contributed by atoms with Crippen LogP contribution >= 0.6 is 11.8 Å². The van der Waals surface area contributed by atoms with E-state index in [0.29, 0.717) is 12.3 Å². The van der Waals surface area contributed by atoms with Gasteiger partial charge in [-0.1, -0.05) is 54.8 Å². The predicted octanol–water partition coefficient (Wildman–Crippen LogP) is 4.71. The number of thioether (sulfide) groups is 1. The third-order valence-electron chi connectivity index (χ3n) is 5.96. The molecule has 6 heteroatoms. The van der Waals surface area contributed by atoms with Crippen LogP contribution in [0.1, 0.15) is 49.3 Å². The lowest BCUT2D eigenvalue weighted by Crippen LogP contribution is -2.50. The average molecular weight is 455 g/mol. The van der Waals surface area contributed by atoms with Crippen LogP contribution in [0.25, 0.3) is 0 Å². The van der Waals surface area contributed by atoms with Crippen molar-refractivity contribution in [1.82, 2.24) is 10.2 Å². The highest BCUT2D eigenvalue weighted by atomic mass is 32.2. The van der Waals surface area contributed by atoms with Crippen molar-refractivity contribution < 1.29 is 14.3 Å². The van der Waals surface area contributed by atoms with Crippen LogP contribution in [0.3, 0.4) is 0 Å². The Labute approximate surface area is 195 Å². The highest BCUT2D eigenvalue weighted by molar-refractivity contribution is 7.99. The Bertz CT molecular complexity index is 894. The van der Waals surface area contributed by atoms with Gasteiger partial charge in [-0.25, -0.2) is 0 Å². The Balaban J connectivity index is 1.63. The van der Waals surface area contributed by atoms with Crippen LogP contribution in [-0.4, -0.2) is 41.7 Å². The zero-order valence-corrected chi connectivity index (χ0v) is 20.1. The molecule has 1 fully saturated rings. The van der Waals surface area contributed by atoms with E-state index in [9.17, 15) is 9.59 Å². The number of ether oxygens (including phenoxy) is 1. The molecule has 2 amide bonds. The lowest BCUT2D eigenvalue weighted by Gasteiger charge is -2.30. The van der Waals surface area contributed by atoms with Gasteiger partial charge in [-0.3, -0.25) is 9.59 Å². The predicted molar refractivity (Wildman–Crippen MR) is 131 cm³/mol. The van der Waals surface area contributed by atoms with Crippen molar-refractivity contribution in [2.75, 3.05) is 12.9 Å². The van der Waals surface area contributed by atoms with Crippen LogP contribution in [0.15, 0.2) is 48.5 Å². The molecule has 0 aromatic heterocycles. The van der Waals surface area contributed by atoms with Gasteiger partial charge in [0.1, 0.15) is 11.8 Å². The van der Waals surface area contributed by atoms with Crippen LogP contribution in [0.2, 0.25) is 0 Å². The van der Waals surface area contributed by atoms with E-state index in [1.54, 1.807) is 23.8 Å². The summed E-state index contributed by atoms with van der Waals surface area (Å²) in [6, 6.07) is 15.7. The summed E-state index contributed by atoms with van der Waals surface area (Å²) in [6.07, 6.45) is 4.38. The number of benzene rings is 2. The molecule has 3 rings (SSSR count).